The minimum Gasteiger partial charge on any atom is -0.497 e. The quantitative estimate of drug-likeness (QED) is 0.628. The highest BCUT2D eigenvalue weighted by molar-refractivity contribution is 7.85. The summed E-state index contributed by atoms with van der Waals surface area (Å²) in [7, 11) is 0.209. The molecule has 2 heterocycles. The van der Waals surface area contributed by atoms with E-state index in [4.69, 9.17) is 9.47 Å². The standard InChI is InChI=1S/C23H18O4S/c1-26-17-13-11-15(12-14-17)21-23(27-21)20(24)18-9-5-6-10-19(18)28(25)22(23)16-7-3-2-4-8-16/h2-14,21-22H,1H3/t21-,22+,23-,28?/m0/s1. The molecule has 0 radical (unpaired) electrons. The van der Waals surface area contributed by atoms with Crippen LogP contribution >= 0.6 is 0 Å². The van der Waals surface area contributed by atoms with Crippen LogP contribution in [-0.2, 0) is 15.5 Å². The molecule has 0 amide bonds. The monoisotopic (exact) mass is 390 g/mol. The van der Waals surface area contributed by atoms with E-state index in [9.17, 15) is 9.00 Å². The van der Waals surface area contributed by atoms with Crippen LogP contribution < -0.4 is 4.74 Å². The molecule has 0 N–H and O–H groups in total. The lowest BCUT2D eigenvalue weighted by molar-refractivity contribution is 0.0859. The van der Waals surface area contributed by atoms with Gasteiger partial charge in [-0.2, -0.15) is 0 Å². The average Bonchev–Trinajstić information content (AvgIpc) is 3.49. The van der Waals surface area contributed by atoms with Crippen molar-refractivity contribution < 1.29 is 18.5 Å². The predicted molar refractivity (Wildman–Crippen MR) is 106 cm³/mol. The average molecular weight is 390 g/mol. The molecule has 1 spiro atoms. The van der Waals surface area contributed by atoms with Gasteiger partial charge in [-0.15, -0.1) is 0 Å². The van der Waals surface area contributed by atoms with E-state index in [1.807, 2.05) is 60.7 Å². The number of ketones is 1. The number of methoxy groups -OCH3 is 1. The molecule has 28 heavy (non-hydrogen) atoms. The van der Waals surface area contributed by atoms with E-state index in [-0.39, 0.29) is 5.78 Å². The molecular weight excluding hydrogens is 372 g/mol. The number of Topliss-reactive ketones (excluding diaryl/α,β-unsaturated/α-hetero) is 1. The van der Waals surface area contributed by atoms with Crippen LogP contribution in [0.5, 0.6) is 5.75 Å². The number of rotatable bonds is 3. The third kappa shape index (κ3) is 2.40. The molecule has 4 atom stereocenters. The molecule has 5 rings (SSSR count). The summed E-state index contributed by atoms with van der Waals surface area (Å²) in [5, 5.41) is -0.553. The van der Waals surface area contributed by atoms with E-state index in [0.717, 1.165) is 16.9 Å². The lowest BCUT2D eigenvalue weighted by Crippen LogP contribution is -2.40. The number of ether oxygens (including phenoxy) is 2. The highest BCUT2D eigenvalue weighted by Gasteiger charge is 2.71. The second kappa shape index (κ2) is 6.40. The highest BCUT2D eigenvalue weighted by atomic mass is 32.2. The summed E-state index contributed by atoms with van der Waals surface area (Å²) in [6.45, 7) is 0. The Kier molecular flexibility index (Phi) is 3.96. The van der Waals surface area contributed by atoms with Gasteiger partial charge in [-0.05, 0) is 29.3 Å². The fraction of sp³-hybridized carbons (Fsp3) is 0.174. The lowest BCUT2D eigenvalue weighted by Gasteiger charge is -2.30. The minimum atomic E-state index is -1.40. The fourth-order valence-corrected chi connectivity index (χ4v) is 5.92. The normalized spacial score (nSPS) is 28.0. The first-order valence-corrected chi connectivity index (χ1v) is 10.3. The van der Waals surface area contributed by atoms with Gasteiger partial charge in [0, 0.05) is 5.56 Å². The van der Waals surface area contributed by atoms with Crippen molar-refractivity contribution in [3.05, 3.63) is 95.6 Å². The van der Waals surface area contributed by atoms with E-state index in [2.05, 4.69) is 0 Å². The Labute approximate surface area is 165 Å². The Hall–Kier alpha value is -2.76. The van der Waals surface area contributed by atoms with E-state index in [0.29, 0.717) is 10.5 Å². The maximum Gasteiger partial charge on any atom is 0.200 e. The molecule has 0 bridgehead atoms. The molecule has 1 saturated heterocycles. The Bertz CT molecular complexity index is 1080. The zero-order chi connectivity index (χ0) is 19.3. The summed E-state index contributed by atoms with van der Waals surface area (Å²) < 4.78 is 24.9. The van der Waals surface area contributed by atoms with Gasteiger partial charge in [0.25, 0.3) is 0 Å². The first-order valence-electron chi connectivity index (χ1n) is 9.08. The van der Waals surface area contributed by atoms with Gasteiger partial charge in [0.1, 0.15) is 17.1 Å². The molecule has 1 fully saturated rings. The van der Waals surface area contributed by atoms with Crippen molar-refractivity contribution in [2.45, 2.75) is 21.9 Å². The van der Waals surface area contributed by atoms with Crippen LogP contribution in [0.2, 0.25) is 0 Å². The molecule has 2 aliphatic heterocycles. The molecule has 3 aromatic rings. The second-order valence-corrected chi connectivity index (χ2v) is 8.48. The van der Waals surface area contributed by atoms with Crippen LogP contribution in [0.4, 0.5) is 0 Å². The van der Waals surface area contributed by atoms with Crippen LogP contribution in [0, 0.1) is 0 Å². The van der Waals surface area contributed by atoms with Gasteiger partial charge in [0.15, 0.2) is 5.60 Å². The largest absolute Gasteiger partial charge is 0.497 e. The van der Waals surface area contributed by atoms with E-state index in [1.165, 1.54) is 0 Å². The predicted octanol–water partition coefficient (Wildman–Crippen LogP) is 4.25. The van der Waals surface area contributed by atoms with Crippen molar-refractivity contribution in [2.75, 3.05) is 7.11 Å². The number of carbonyl (C=O) groups is 1. The summed E-state index contributed by atoms with van der Waals surface area (Å²) in [6, 6.07) is 24.2. The molecule has 0 aliphatic carbocycles. The van der Waals surface area contributed by atoms with Crippen molar-refractivity contribution in [3.8, 4) is 5.75 Å². The number of hydrogen-bond acceptors (Lipinski definition) is 4. The summed E-state index contributed by atoms with van der Waals surface area (Å²) in [6.07, 6.45) is -0.437. The van der Waals surface area contributed by atoms with Crippen LogP contribution in [0.25, 0.3) is 0 Å². The molecule has 2 aliphatic rings. The molecule has 3 aromatic carbocycles. The molecule has 0 saturated carbocycles. The third-order valence-corrected chi connectivity index (χ3v) is 7.31. The van der Waals surface area contributed by atoms with Crippen LogP contribution in [0.3, 0.4) is 0 Å². The van der Waals surface area contributed by atoms with E-state index < -0.39 is 27.8 Å². The fourth-order valence-electron chi connectivity index (χ4n) is 4.07. The van der Waals surface area contributed by atoms with Crippen molar-refractivity contribution in [1.82, 2.24) is 0 Å². The number of carbonyl (C=O) groups excluding carboxylic acids is 1. The van der Waals surface area contributed by atoms with Crippen molar-refractivity contribution >= 4 is 16.6 Å². The van der Waals surface area contributed by atoms with E-state index in [1.54, 1.807) is 25.3 Å². The Morgan fingerprint density at radius 1 is 0.893 bits per heavy atom. The van der Waals surface area contributed by atoms with Crippen LogP contribution in [0.1, 0.15) is 32.8 Å². The van der Waals surface area contributed by atoms with Gasteiger partial charge in [0.05, 0.1) is 22.8 Å². The second-order valence-electron chi connectivity index (χ2n) is 6.98. The van der Waals surface area contributed by atoms with Crippen LogP contribution in [-0.4, -0.2) is 22.7 Å². The van der Waals surface area contributed by atoms with Gasteiger partial charge in [-0.3, -0.25) is 9.00 Å². The molecule has 5 heteroatoms. The first kappa shape index (κ1) is 17.3. The SMILES string of the molecule is COc1ccc([C@@H]2O[C@@]23C(=O)c2ccccc2S(=O)[C@@H]3c2ccccc2)cc1. The number of benzene rings is 3. The van der Waals surface area contributed by atoms with Gasteiger partial charge >= 0.3 is 0 Å². The lowest BCUT2D eigenvalue weighted by atomic mass is 9.85. The van der Waals surface area contributed by atoms with Gasteiger partial charge in [0.2, 0.25) is 5.78 Å². The van der Waals surface area contributed by atoms with Gasteiger partial charge < -0.3 is 9.47 Å². The topological polar surface area (TPSA) is 55.9 Å². The summed E-state index contributed by atoms with van der Waals surface area (Å²) in [5.41, 5.74) is 1.07. The molecule has 140 valence electrons. The number of fused-ring (bicyclic) bond motifs is 1. The zero-order valence-electron chi connectivity index (χ0n) is 15.2. The number of hydrogen-bond donors (Lipinski definition) is 0. The van der Waals surface area contributed by atoms with Gasteiger partial charge in [-0.25, -0.2) is 0 Å². The van der Waals surface area contributed by atoms with Crippen molar-refractivity contribution in [3.63, 3.8) is 0 Å². The summed E-state index contributed by atoms with van der Waals surface area (Å²) in [4.78, 5) is 14.1. The number of epoxide rings is 1. The minimum absolute atomic E-state index is 0.0997. The molecule has 1 unspecified atom stereocenters. The van der Waals surface area contributed by atoms with E-state index >= 15 is 0 Å². The maximum absolute atomic E-state index is 13.6. The molecule has 4 nitrogen and oxygen atoms in total. The third-order valence-electron chi connectivity index (χ3n) is 5.47. The molecular formula is C23H18O4S. The maximum atomic E-state index is 13.6. The molecule has 0 aromatic heterocycles. The smallest absolute Gasteiger partial charge is 0.200 e. The summed E-state index contributed by atoms with van der Waals surface area (Å²) >= 11 is 0. The summed E-state index contributed by atoms with van der Waals surface area (Å²) in [5.74, 6) is 0.638. The Morgan fingerprint density at radius 3 is 2.29 bits per heavy atom. The Morgan fingerprint density at radius 2 is 1.57 bits per heavy atom. The highest BCUT2D eigenvalue weighted by Crippen LogP contribution is 2.63. The Balaban J connectivity index is 1.66. The zero-order valence-corrected chi connectivity index (χ0v) is 16.0. The van der Waals surface area contributed by atoms with Gasteiger partial charge in [-0.1, -0.05) is 60.7 Å². The van der Waals surface area contributed by atoms with Crippen LogP contribution in [0.15, 0.2) is 83.8 Å². The van der Waals surface area contributed by atoms with Crippen molar-refractivity contribution in [1.29, 1.82) is 0 Å². The van der Waals surface area contributed by atoms with Crippen molar-refractivity contribution in [2.24, 2.45) is 0 Å². The first-order chi connectivity index (χ1) is 13.7.